The van der Waals surface area contributed by atoms with Gasteiger partial charge in [0.2, 0.25) is 0 Å². The Hall–Kier alpha value is -0.860. The summed E-state index contributed by atoms with van der Waals surface area (Å²) in [5.41, 5.74) is 0.672. The Labute approximate surface area is 121 Å². The molecule has 0 amide bonds. The molecule has 2 aliphatic rings. The van der Waals surface area contributed by atoms with Crippen molar-refractivity contribution in [2.24, 2.45) is 11.8 Å². The Bertz CT molecular complexity index is 424. The molecular weight excluding hydrogens is 248 g/mol. The molecule has 0 aromatic heterocycles. The highest BCUT2D eigenvalue weighted by molar-refractivity contribution is 5.17. The van der Waals surface area contributed by atoms with E-state index < -0.39 is 5.60 Å². The van der Waals surface area contributed by atoms with E-state index in [1.807, 2.05) is 18.2 Å². The molecule has 2 nitrogen and oxygen atoms in total. The molecule has 20 heavy (non-hydrogen) atoms. The van der Waals surface area contributed by atoms with Crippen LogP contribution in [0.25, 0.3) is 0 Å². The molecule has 0 saturated heterocycles. The topological polar surface area (TPSA) is 40.5 Å². The molecule has 0 spiro atoms. The van der Waals surface area contributed by atoms with Crippen molar-refractivity contribution in [3.63, 3.8) is 0 Å². The second-order valence-electron chi connectivity index (χ2n) is 6.79. The van der Waals surface area contributed by atoms with Crippen LogP contribution in [-0.4, -0.2) is 21.9 Å². The molecule has 2 N–H and O–H groups in total. The number of rotatable bonds is 5. The molecule has 2 fully saturated rings. The Morgan fingerprint density at radius 2 is 1.80 bits per heavy atom. The Morgan fingerprint density at radius 1 is 1.10 bits per heavy atom. The third kappa shape index (κ3) is 3.07. The Balaban J connectivity index is 1.51. The minimum Gasteiger partial charge on any atom is -0.392 e. The van der Waals surface area contributed by atoms with Crippen molar-refractivity contribution in [3.8, 4) is 0 Å². The summed E-state index contributed by atoms with van der Waals surface area (Å²) in [6.45, 7) is 0. The molecule has 3 rings (SSSR count). The smallest absolute Gasteiger partial charge is 0.0709 e. The number of aryl methyl sites for hydroxylation is 1. The molecule has 1 aromatic carbocycles. The van der Waals surface area contributed by atoms with Gasteiger partial charge in [0.15, 0.2) is 0 Å². The Morgan fingerprint density at radius 3 is 2.50 bits per heavy atom. The second-order valence-corrected chi connectivity index (χ2v) is 6.79. The van der Waals surface area contributed by atoms with Gasteiger partial charge in [0.25, 0.3) is 0 Å². The minimum absolute atomic E-state index is 0.120. The fourth-order valence-electron chi connectivity index (χ4n) is 3.86. The van der Waals surface area contributed by atoms with Gasteiger partial charge in [-0.05, 0) is 43.6 Å². The maximum absolute atomic E-state index is 10.6. The van der Waals surface area contributed by atoms with Crippen LogP contribution < -0.4 is 0 Å². The number of aliphatic hydroxyl groups is 2. The molecule has 1 aromatic rings. The van der Waals surface area contributed by atoms with Crippen LogP contribution in [-0.2, 0) is 6.42 Å². The van der Waals surface area contributed by atoms with E-state index in [0.717, 1.165) is 32.1 Å². The van der Waals surface area contributed by atoms with Crippen molar-refractivity contribution >= 4 is 0 Å². The molecule has 0 aliphatic heterocycles. The van der Waals surface area contributed by atoms with E-state index in [-0.39, 0.29) is 12.0 Å². The first-order valence-corrected chi connectivity index (χ1v) is 8.13. The summed E-state index contributed by atoms with van der Waals surface area (Å²) in [5, 5.41) is 21.1. The fourth-order valence-corrected chi connectivity index (χ4v) is 3.86. The van der Waals surface area contributed by atoms with Crippen molar-refractivity contribution < 1.29 is 10.2 Å². The normalized spacial score (nSPS) is 32.0. The summed E-state index contributed by atoms with van der Waals surface area (Å²) in [6.07, 6.45) is 8.29. The summed E-state index contributed by atoms with van der Waals surface area (Å²) >= 11 is 0. The zero-order valence-corrected chi connectivity index (χ0v) is 12.2. The maximum Gasteiger partial charge on any atom is 0.0709 e. The minimum atomic E-state index is -0.604. The molecule has 0 bridgehead atoms. The lowest BCUT2D eigenvalue weighted by atomic mass is 9.82. The molecule has 2 heteroatoms. The van der Waals surface area contributed by atoms with Crippen molar-refractivity contribution in [1.29, 1.82) is 0 Å². The molecule has 0 unspecified atom stereocenters. The van der Waals surface area contributed by atoms with E-state index in [1.54, 1.807) is 0 Å². The van der Waals surface area contributed by atoms with Gasteiger partial charge >= 0.3 is 0 Å². The average Bonchev–Trinajstić information content (AvgIpc) is 3.19. The first kappa shape index (κ1) is 14.1. The summed E-state index contributed by atoms with van der Waals surface area (Å²) in [6, 6.07) is 10.3. The van der Waals surface area contributed by atoms with Gasteiger partial charge in [-0.15, -0.1) is 0 Å². The zero-order valence-electron chi connectivity index (χ0n) is 12.2. The SMILES string of the molecule is O[C@H](C1CCCCC1)[C@@H]1C[C@@]1(O)CCc1ccccc1. The second kappa shape index (κ2) is 5.87. The van der Waals surface area contributed by atoms with Crippen LogP contribution in [0.15, 0.2) is 30.3 Å². The lowest BCUT2D eigenvalue weighted by Gasteiger charge is -2.27. The molecule has 0 radical (unpaired) electrons. The lowest BCUT2D eigenvalue weighted by molar-refractivity contribution is 0.0221. The van der Waals surface area contributed by atoms with Crippen LogP contribution in [0.1, 0.15) is 50.5 Å². The van der Waals surface area contributed by atoms with E-state index in [9.17, 15) is 10.2 Å². The molecule has 110 valence electrons. The molecular formula is C18H26O2. The molecule has 2 aliphatic carbocycles. The average molecular weight is 274 g/mol. The predicted octanol–water partition coefficient (Wildman–Crippen LogP) is 3.31. The zero-order chi connectivity index (χ0) is 14.0. The first-order valence-electron chi connectivity index (χ1n) is 8.13. The van der Waals surface area contributed by atoms with E-state index >= 15 is 0 Å². The first-order chi connectivity index (χ1) is 9.69. The molecule has 2 saturated carbocycles. The van der Waals surface area contributed by atoms with Crippen molar-refractivity contribution in [3.05, 3.63) is 35.9 Å². The standard InChI is InChI=1S/C18H26O2/c19-17(15-9-5-2-6-10-15)16-13-18(16,20)12-11-14-7-3-1-4-8-14/h1,3-4,7-8,15-17,19-20H,2,5-6,9-13H2/t16-,17+,18-/m0/s1. The number of hydrogen-bond acceptors (Lipinski definition) is 2. The highest BCUT2D eigenvalue weighted by Crippen LogP contribution is 2.51. The summed E-state index contributed by atoms with van der Waals surface area (Å²) < 4.78 is 0. The van der Waals surface area contributed by atoms with Crippen molar-refractivity contribution in [1.82, 2.24) is 0 Å². The van der Waals surface area contributed by atoms with Gasteiger partial charge < -0.3 is 10.2 Å². The van der Waals surface area contributed by atoms with Gasteiger partial charge in [0.1, 0.15) is 0 Å². The number of benzene rings is 1. The monoisotopic (exact) mass is 274 g/mol. The fraction of sp³-hybridized carbons (Fsp3) is 0.667. The lowest BCUT2D eigenvalue weighted by Crippen LogP contribution is -2.29. The van der Waals surface area contributed by atoms with Crippen LogP contribution in [0, 0.1) is 11.8 Å². The van der Waals surface area contributed by atoms with Crippen LogP contribution in [0.3, 0.4) is 0 Å². The highest BCUT2D eigenvalue weighted by atomic mass is 16.3. The van der Waals surface area contributed by atoms with Gasteiger partial charge in [-0.1, -0.05) is 49.6 Å². The van der Waals surface area contributed by atoms with Gasteiger partial charge in [-0.2, -0.15) is 0 Å². The number of hydrogen-bond donors (Lipinski definition) is 2. The van der Waals surface area contributed by atoms with Crippen LogP contribution in [0.4, 0.5) is 0 Å². The van der Waals surface area contributed by atoms with Crippen LogP contribution in [0.5, 0.6) is 0 Å². The van der Waals surface area contributed by atoms with Gasteiger partial charge in [-0.25, -0.2) is 0 Å². The highest BCUT2D eigenvalue weighted by Gasteiger charge is 2.56. The Kier molecular flexibility index (Phi) is 4.13. The molecule has 3 atom stereocenters. The van der Waals surface area contributed by atoms with Crippen LogP contribution in [0.2, 0.25) is 0 Å². The maximum atomic E-state index is 10.6. The third-order valence-corrected chi connectivity index (χ3v) is 5.34. The van der Waals surface area contributed by atoms with Gasteiger partial charge in [0, 0.05) is 5.92 Å². The van der Waals surface area contributed by atoms with Gasteiger partial charge in [-0.3, -0.25) is 0 Å². The van der Waals surface area contributed by atoms with E-state index in [0.29, 0.717) is 5.92 Å². The quantitative estimate of drug-likeness (QED) is 0.865. The largest absolute Gasteiger partial charge is 0.392 e. The van der Waals surface area contributed by atoms with Crippen LogP contribution >= 0.6 is 0 Å². The predicted molar refractivity (Wildman–Crippen MR) is 80.4 cm³/mol. The van der Waals surface area contributed by atoms with Crippen molar-refractivity contribution in [2.45, 2.75) is 63.1 Å². The van der Waals surface area contributed by atoms with E-state index in [2.05, 4.69) is 12.1 Å². The number of aliphatic hydroxyl groups excluding tert-OH is 1. The summed E-state index contributed by atoms with van der Waals surface area (Å²) in [4.78, 5) is 0. The molecule has 0 heterocycles. The third-order valence-electron chi connectivity index (χ3n) is 5.34. The van der Waals surface area contributed by atoms with Crippen molar-refractivity contribution in [2.75, 3.05) is 0 Å². The summed E-state index contributed by atoms with van der Waals surface area (Å²) in [5.74, 6) is 0.550. The summed E-state index contributed by atoms with van der Waals surface area (Å²) in [7, 11) is 0. The van der Waals surface area contributed by atoms with Gasteiger partial charge in [0.05, 0.1) is 11.7 Å². The van der Waals surface area contributed by atoms with E-state index in [4.69, 9.17) is 0 Å². The van der Waals surface area contributed by atoms with E-state index in [1.165, 1.54) is 24.8 Å².